The summed E-state index contributed by atoms with van der Waals surface area (Å²) in [6.07, 6.45) is 3.76. The van der Waals surface area contributed by atoms with Crippen LogP contribution in [0, 0.1) is 10.1 Å². The molecule has 0 bridgehead atoms. The Labute approximate surface area is 148 Å². The van der Waals surface area contributed by atoms with Crippen molar-refractivity contribution in [2.75, 3.05) is 18.4 Å². The standard InChI is InChI=1S/C17H16N6O3/c24-17(13-3-5-14(6-4-13)23(25)26)19-10-9-18-15-7-8-16(21-20-15)22-11-1-2-12-22/h1-8,11-12H,9-10H2,(H,18,20)(H,19,24). The van der Waals surface area contributed by atoms with Crippen molar-refractivity contribution in [1.82, 2.24) is 20.1 Å². The van der Waals surface area contributed by atoms with Gasteiger partial charge in [0.1, 0.15) is 5.82 Å². The summed E-state index contributed by atoms with van der Waals surface area (Å²) in [7, 11) is 0. The van der Waals surface area contributed by atoms with E-state index < -0.39 is 4.92 Å². The third kappa shape index (κ3) is 4.20. The SMILES string of the molecule is O=C(NCCNc1ccc(-n2cccc2)nn1)c1ccc([N+](=O)[O-])cc1. The number of nitrogens with one attached hydrogen (secondary N) is 2. The van der Waals surface area contributed by atoms with Crippen molar-refractivity contribution in [3.63, 3.8) is 0 Å². The lowest BCUT2D eigenvalue weighted by Crippen LogP contribution is -2.28. The van der Waals surface area contributed by atoms with Crippen molar-refractivity contribution in [1.29, 1.82) is 0 Å². The Balaban J connectivity index is 1.45. The van der Waals surface area contributed by atoms with Gasteiger partial charge in [0.15, 0.2) is 5.82 Å². The van der Waals surface area contributed by atoms with Gasteiger partial charge in [-0.3, -0.25) is 14.9 Å². The third-order valence-corrected chi connectivity index (χ3v) is 3.58. The number of benzene rings is 1. The Morgan fingerprint density at radius 2 is 1.77 bits per heavy atom. The fraction of sp³-hybridized carbons (Fsp3) is 0.118. The minimum Gasteiger partial charge on any atom is -0.367 e. The van der Waals surface area contributed by atoms with Gasteiger partial charge in [-0.15, -0.1) is 10.2 Å². The molecule has 0 fully saturated rings. The van der Waals surface area contributed by atoms with Crippen LogP contribution in [-0.4, -0.2) is 38.7 Å². The van der Waals surface area contributed by atoms with Gasteiger partial charge in [-0.25, -0.2) is 0 Å². The zero-order chi connectivity index (χ0) is 18.4. The van der Waals surface area contributed by atoms with Crippen molar-refractivity contribution in [3.8, 4) is 5.82 Å². The van der Waals surface area contributed by atoms with Gasteiger partial charge < -0.3 is 15.2 Å². The molecule has 0 radical (unpaired) electrons. The normalized spacial score (nSPS) is 10.3. The van der Waals surface area contributed by atoms with Gasteiger partial charge >= 0.3 is 0 Å². The fourth-order valence-corrected chi connectivity index (χ4v) is 2.25. The molecule has 1 aromatic carbocycles. The minimum absolute atomic E-state index is 0.0508. The Bertz CT molecular complexity index is 876. The van der Waals surface area contributed by atoms with Crippen LogP contribution in [0.5, 0.6) is 0 Å². The number of nitro groups is 1. The first-order chi connectivity index (χ1) is 12.6. The number of carbonyl (C=O) groups is 1. The number of nitro benzene ring substituents is 1. The first-order valence-electron chi connectivity index (χ1n) is 7.87. The molecule has 2 heterocycles. The Kier molecular flexibility index (Phi) is 5.18. The first-order valence-corrected chi connectivity index (χ1v) is 7.87. The molecule has 2 N–H and O–H groups in total. The molecule has 0 unspecified atom stereocenters. The number of carbonyl (C=O) groups excluding carboxylic acids is 1. The fourth-order valence-electron chi connectivity index (χ4n) is 2.25. The molecular formula is C17H16N6O3. The highest BCUT2D eigenvalue weighted by Crippen LogP contribution is 2.11. The number of non-ortho nitro benzene ring substituents is 1. The smallest absolute Gasteiger partial charge is 0.269 e. The van der Waals surface area contributed by atoms with Crippen LogP contribution in [0.2, 0.25) is 0 Å². The summed E-state index contributed by atoms with van der Waals surface area (Å²) in [5.74, 6) is 1.02. The van der Waals surface area contributed by atoms with Crippen molar-refractivity contribution in [2.24, 2.45) is 0 Å². The summed E-state index contributed by atoms with van der Waals surface area (Å²) in [4.78, 5) is 22.1. The highest BCUT2D eigenvalue weighted by Gasteiger charge is 2.08. The number of rotatable bonds is 7. The van der Waals surface area contributed by atoms with Crippen molar-refractivity contribution < 1.29 is 9.72 Å². The van der Waals surface area contributed by atoms with Gasteiger partial charge in [-0.2, -0.15) is 0 Å². The van der Waals surface area contributed by atoms with E-state index in [2.05, 4.69) is 20.8 Å². The summed E-state index contributed by atoms with van der Waals surface area (Å²) in [5.41, 5.74) is 0.316. The molecule has 9 heteroatoms. The number of aromatic nitrogens is 3. The van der Waals surface area contributed by atoms with Gasteiger partial charge in [0.05, 0.1) is 4.92 Å². The largest absolute Gasteiger partial charge is 0.367 e. The Morgan fingerprint density at radius 3 is 2.38 bits per heavy atom. The van der Waals surface area contributed by atoms with Gasteiger partial charge in [0.25, 0.3) is 11.6 Å². The van der Waals surface area contributed by atoms with Gasteiger partial charge in [0, 0.05) is 43.2 Å². The average Bonchev–Trinajstić information content (AvgIpc) is 3.20. The van der Waals surface area contributed by atoms with Crippen LogP contribution in [0.15, 0.2) is 60.9 Å². The summed E-state index contributed by atoms with van der Waals surface area (Å²) in [5, 5.41) is 24.6. The molecule has 0 aliphatic carbocycles. The predicted octanol–water partition coefficient (Wildman–Crippen LogP) is 2.02. The van der Waals surface area contributed by atoms with Gasteiger partial charge in [-0.1, -0.05) is 0 Å². The summed E-state index contributed by atoms with van der Waals surface area (Å²) < 4.78 is 1.85. The monoisotopic (exact) mass is 352 g/mol. The third-order valence-electron chi connectivity index (χ3n) is 3.58. The second kappa shape index (κ2) is 7.88. The molecule has 0 aliphatic heterocycles. The molecule has 2 aromatic heterocycles. The van der Waals surface area contributed by atoms with E-state index in [1.54, 1.807) is 6.07 Å². The second-order valence-electron chi connectivity index (χ2n) is 5.35. The lowest BCUT2D eigenvalue weighted by atomic mass is 10.2. The molecule has 9 nitrogen and oxygen atoms in total. The maximum Gasteiger partial charge on any atom is 0.269 e. The molecule has 0 spiro atoms. The van der Waals surface area contributed by atoms with E-state index in [9.17, 15) is 14.9 Å². The summed E-state index contributed by atoms with van der Waals surface area (Å²) in [6, 6.07) is 12.9. The highest BCUT2D eigenvalue weighted by atomic mass is 16.6. The quantitative estimate of drug-likeness (QED) is 0.382. The Hall–Kier alpha value is -3.75. The lowest BCUT2D eigenvalue weighted by Gasteiger charge is -2.08. The number of amides is 1. The molecule has 1 amide bonds. The van der Waals surface area contributed by atoms with Crippen LogP contribution in [0.4, 0.5) is 11.5 Å². The molecular weight excluding hydrogens is 336 g/mol. The van der Waals surface area contributed by atoms with E-state index in [0.29, 0.717) is 30.3 Å². The maximum absolute atomic E-state index is 12.0. The lowest BCUT2D eigenvalue weighted by molar-refractivity contribution is -0.384. The van der Waals surface area contributed by atoms with E-state index in [-0.39, 0.29) is 11.6 Å². The topological polar surface area (TPSA) is 115 Å². The molecule has 132 valence electrons. The van der Waals surface area contributed by atoms with E-state index in [1.165, 1.54) is 24.3 Å². The highest BCUT2D eigenvalue weighted by molar-refractivity contribution is 5.94. The van der Waals surface area contributed by atoms with Crippen molar-refractivity contribution >= 4 is 17.4 Å². The molecule has 26 heavy (non-hydrogen) atoms. The molecule has 0 saturated carbocycles. The van der Waals surface area contributed by atoms with E-state index in [4.69, 9.17) is 0 Å². The molecule has 0 aliphatic rings. The average molecular weight is 352 g/mol. The first kappa shape index (κ1) is 17.1. The molecule has 3 aromatic rings. The Morgan fingerprint density at radius 1 is 1.04 bits per heavy atom. The number of anilines is 1. The van der Waals surface area contributed by atoms with E-state index in [1.807, 2.05) is 35.2 Å². The van der Waals surface area contributed by atoms with Crippen LogP contribution in [0.1, 0.15) is 10.4 Å². The molecule has 3 rings (SSSR count). The van der Waals surface area contributed by atoms with Gasteiger partial charge in [-0.05, 0) is 36.4 Å². The summed E-state index contributed by atoms with van der Waals surface area (Å²) >= 11 is 0. The summed E-state index contributed by atoms with van der Waals surface area (Å²) in [6.45, 7) is 0.840. The second-order valence-corrected chi connectivity index (χ2v) is 5.35. The number of nitrogens with zero attached hydrogens (tertiary/aromatic N) is 4. The maximum atomic E-state index is 12.0. The predicted molar refractivity (Wildman–Crippen MR) is 95.3 cm³/mol. The zero-order valence-electron chi connectivity index (χ0n) is 13.7. The molecule has 0 saturated heterocycles. The van der Waals surface area contributed by atoms with Crippen molar-refractivity contribution in [2.45, 2.75) is 0 Å². The van der Waals surface area contributed by atoms with E-state index in [0.717, 1.165) is 0 Å². The minimum atomic E-state index is -0.506. The van der Waals surface area contributed by atoms with E-state index >= 15 is 0 Å². The number of hydrogen-bond donors (Lipinski definition) is 2. The van der Waals surface area contributed by atoms with Crippen molar-refractivity contribution in [3.05, 3.63) is 76.6 Å². The van der Waals surface area contributed by atoms with Crippen LogP contribution >= 0.6 is 0 Å². The zero-order valence-corrected chi connectivity index (χ0v) is 13.7. The van der Waals surface area contributed by atoms with Gasteiger partial charge in [0.2, 0.25) is 0 Å². The van der Waals surface area contributed by atoms with Crippen LogP contribution in [-0.2, 0) is 0 Å². The number of hydrogen-bond acceptors (Lipinski definition) is 6. The van der Waals surface area contributed by atoms with Crippen LogP contribution < -0.4 is 10.6 Å². The molecule has 0 atom stereocenters. The van der Waals surface area contributed by atoms with Crippen LogP contribution in [0.3, 0.4) is 0 Å². The van der Waals surface area contributed by atoms with Crippen LogP contribution in [0.25, 0.3) is 5.82 Å².